The largest absolute Gasteiger partial charge is 0.315 e. The Morgan fingerprint density at radius 2 is 2.25 bits per heavy atom. The highest BCUT2D eigenvalue weighted by Gasteiger charge is 2.28. The standard InChI is InChI=1S/C9H21N3/c1-4-9(2,3)12-6-5-11-8(10)7-12/h8,11H,4-7,10H2,1-3H3. The van der Waals surface area contributed by atoms with Gasteiger partial charge in [-0.25, -0.2) is 0 Å². The van der Waals surface area contributed by atoms with Gasteiger partial charge < -0.3 is 5.73 Å². The fourth-order valence-electron chi connectivity index (χ4n) is 1.55. The van der Waals surface area contributed by atoms with Crippen molar-refractivity contribution in [3.05, 3.63) is 0 Å². The van der Waals surface area contributed by atoms with Crippen LogP contribution in [-0.4, -0.2) is 36.2 Å². The molecule has 1 unspecified atom stereocenters. The third-order valence-electron chi connectivity index (χ3n) is 2.93. The summed E-state index contributed by atoms with van der Waals surface area (Å²) in [5.74, 6) is 0. The van der Waals surface area contributed by atoms with Crippen LogP contribution in [0.2, 0.25) is 0 Å². The molecule has 0 aromatic carbocycles. The van der Waals surface area contributed by atoms with Gasteiger partial charge in [0.05, 0.1) is 6.17 Å². The predicted octanol–water partition coefficient (Wildman–Crippen LogP) is 0.365. The molecule has 1 aliphatic heterocycles. The molecule has 1 aliphatic rings. The minimum atomic E-state index is 0.157. The highest BCUT2D eigenvalue weighted by molar-refractivity contribution is 4.85. The molecule has 0 saturated carbocycles. The number of piperazine rings is 1. The van der Waals surface area contributed by atoms with Crippen LogP contribution >= 0.6 is 0 Å². The number of nitrogens with zero attached hydrogens (tertiary/aromatic N) is 1. The lowest BCUT2D eigenvalue weighted by molar-refractivity contribution is 0.0804. The minimum absolute atomic E-state index is 0.157. The summed E-state index contributed by atoms with van der Waals surface area (Å²) in [6, 6.07) is 0. The van der Waals surface area contributed by atoms with Gasteiger partial charge >= 0.3 is 0 Å². The van der Waals surface area contributed by atoms with Gasteiger partial charge in [0, 0.05) is 25.2 Å². The van der Waals surface area contributed by atoms with Gasteiger partial charge in [0.25, 0.3) is 0 Å². The highest BCUT2D eigenvalue weighted by atomic mass is 15.3. The minimum Gasteiger partial charge on any atom is -0.315 e. The Balaban J connectivity index is 2.50. The van der Waals surface area contributed by atoms with Crippen molar-refractivity contribution in [1.29, 1.82) is 0 Å². The van der Waals surface area contributed by atoms with Crippen LogP contribution in [0.15, 0.2) is 0 Å². The molecule has 3 nitrogen and oxygen atoms in total. The predicted molar refractivity (Wildman–Crippen MR) is 51.9 cm³/mol. The maximum Gasteiger partial charge on any atom is 0.0678 e. The van der Waals surface area contributed by atoms with E-state index in [1.165, 1.54) is 6.42 Å². The van der Waals surface area contributed by atoms with Crippen LogP contribution in [-0.2, 0) is 0 Å². The van der Waals surface area contributed by atoms with Crippen LogP contribution in [0.3, 0.4) is 0 Å². The molecule has 1 rings (SSSR count). The molecule has 1 fully saturated rings. The fourth-order valence-corrected chi connectivity index (χ4v) is 1.55. The van der Waals surface area contributed by atoms with Crippen LogP contribution in [0.4, 0.5) is 0 Å². The summed E-state index contributed by atoms with van der Waals surface area (Å²) in [5.41, 5.74) is 6.13. The maximum absolute atomic E-state index is 5.82. The topological polar surface area (TPSA) is 41.3 Å². The molecule has 72 valence electrons. The van der Waals surface area contributed by atoms with Gasteiger partial charge in [-0.05, 0) is 20.3 Å². The van der Waals surface area contributed by atoms with Crippen LogP contribution in [0.5, 0.6) is 0 Å². The van der Waals surface area contributed by atoms with Crippen molar-refractivity contribution in [2.75, 3.05) is 19.6 Å². The number of nitrogens with two attached hydrogens (primary N) is 1. The molecule has 1 heterocycles. The van der Waals surface area contributed by atoms with Gasteiger partial charge in [-0.3, -0.25) is 10.2 Å². The van der Waals surface area contributed by atoms with E-state index < -0.39 is 0 Å². The van der Waals surface area contributed by atoms with Crippen molar-refractivity contribution in [3.63, 3.8) is 0 Å². The van der Waals surface area contributed by atoms with Gasteiger partial charge in [-0.15, -0.1) is 0 Å². The Labute approximate surface area is 75.3 Å². The van der Waals surface area contributed by atoms with Crippen LogP contribution in [0.25, 0.3) is 0 Å². The summed E-state index contributed by atoms with van der Waals surface area (Å²) < 4.78 is 0. The average Bonchev–Trinajstić information content (AvgIpc) is 2.05. The maximum atomic E-state index is 5.82. The van der Waals surface area contributed by atoms with Crippen molar-refractivity contribution < 1.29 is 0 Å². The monoisotopic (exact) mass is 171 g/mol. The molecule has 1 saturated heterocycles. The molecule has 0 bridgehead atoms. The number of hydrogen-bond acceptors (Lipinski definition) is 3. The lowest BCUT2D eigenvalue weighted by Gasteiger charge is -2.42. The summed E-state index contributed by atoms with van der Waals surface area (Å²) in [5, 5.41) is 3.24. The molecule has 0 aliphatic carbocycles. The van der Waals surface area contributed by atoms with E-state index in [0.717, 1.165) is 19.6 Å². The second kappa shape index (κ2) is 3.73. The second-order valence-electron chi connectivity index (χ2n) is 4.17. The van der Waals surface area contributed by atoms with E-state index in [0.29, 0.717) is 5.54 Å². The molecular formula is C9H21N3. The van der Waals surface area contributed by atoms with E-state index in [-0.39, 0.29) is 6.17 Å². The summed E-state index contributed by atoms with van der Waals surface area (Å²) in [4.78, 5) is 2.47. The number of nitrogens with one attached hydrogen (secondary N) is 1. The molecule has 12 heavy (non-hydrogen) atoms. The lowest BCUT2D eigenvalue weighted by atomic mass is 9.98. The summed E-state index contributed by atoms with van der Waals surface area (Å²) in [6.45, 7) is 9.91. The second-order valence-corrected chi connectivity index (χ2v) is 4.17. The molecule has 1 atom stereocenters. The zero-order chi connectivity index (χ0) is 9.19. The van der Waals surface area contributed by atoms with Crippen molar-refractivity contribution in [1.82, 2.24) is 10.2 Å². The molecule has 3 heteroatoms. The van der Waals surface area contributed by atoms with Gasteiger partial charge in [-0.2, -0.15) is 0 Å². The van der Waals surface area contributed by atoms with Crippen molar-refractivity contribution in [2.45, 2.75) is 38.9 Å². The van der Waals surface area contributed by atoms with Crippen molar-refractivity contribution in [2.24, 2.45) is 5.73 Å². The Morgan fingerprint density at radius 3 is 2.75 bits per heavy atom. The molecule has 0 amide bonds. The smallest absolute Gasteiger partial charge is 0.0678 e. The quantitative estimate of drug-likeness (QED) is 0.630. The summed E-state index contributed by atoms with van der Waals surface area (Å²) in [6.07, 6.45) is 1.34. The third-order valence-corrected chi connectivity index (χ3v) is 2.93. The SMILES string of the molecule is CCC(C)(C)N1CCNC(N)C1. The summed E-state index contributed by atoms with van der Waals surface area (Å²) in [7, 11) is 0. The zero-order valence-electron chi connectivity index (χ0n) is 8.43. The van der Waals surface area contributed by atoms with E-state index in [1.807, 2.05) is 0 Å². The zero-order valence-corrected chi connectivity index (χ0v) is 8.43. The third kappa shape index (κ3) is 2.19. The molecule has 0 radical (unpaired) electrons. The Hall–Kier alpha value is -0.120. The number of hydrogen-bond donors (Lipinski definition) is 2. The molecule has 0 aromatic rings. The number of rotatable bonds is 2. The Kier molecular flexibility index (Phi) is 3.09. The van der Waals surface area contributed by atoms with E-state index >= 15 is 0 Å². The van der Waals surface area contributed by atoms with Crippen molar-refractivity contribution >= 4 is 0 Å². The van der Waals surface area contributed by atoms with E-state index in [9.17, 15) is 0 Å². The van der Waals surface area contributed by atoms with E-state index in [4.69, 9.17) is 5.73 Å². The Morgan fingerprint density at radius 1 is 1.58 bits per heavy atom. The summed E-state index contributed by atoms with van der Waals surface area (Å²) >= 11 is 0. The molecule has 3 N–H and O–H groups in total. The lowest BCUT2D eigenvalue weighted by Crippen LogP contribution is -2.60. The first-order valence-electron chi connectivity index (χ1n) is 4.80. The molecular weight excluding hydrogens is 150 g/mol. The fraction of sp³-hybridized carbons (Fsp3) is 1.00. The van der Waals surface area contributed by atoms with Crippen molar-refractivity contribution in [3.8, 4) is 0 Å². The van der Waals surface area contributed by atoms with E-state index in [2.05, 4.69) is 31.0 Å². The van der Waals surface area contributed by atoms with Gasteiger partial charge in [0.2, 0.25) is 0 Å². The van der Waals surface area contributed by atoms with Gasteiger partial charge in [0.1, 0.15) is 0 Å². The van der Waals surface area contributed by atoms with Crippen LogP contribution in [0.1, 0.15) is 27.2 Å². The van der Waals surface area contributed by atoms with Gasteiger partial charge in [-0.1, -0.05) is 6.92 Å². The Bertz CT molecular complexity index is 145. The van der Waals surface area contributed by atoms with Gasteiger partial charge in [0.15, 0.2) is 0 Å². The van der Waals surface area contributed by atoms with E-state index in [1.54, 1.807) is 0 Å². The first-order chi connectivity index (χ1) is 5.56. The average molecular weight is 171 g/mol. The molecule has 0 spiro atoms. The van der Waals surface area contributed by atoms with Crippen LogP contribution in [0, 0.1) is 0 Å². The first-order valence-corrected chi connectivity index (χ1v) is 4.80. The normalized spacial score (nSPS) is 27.5. The molecule has 0 aromatic heterocycles. The highest BCUT2D eigenvalue weighted by Crippen LogP contribution is 2.18. The van der Waals surface area contributed by atoms with Crippen LogP contribution < -0.4 is 11.1 Å². The first kappa shape index (κ1) is 9.96.